The van der Waals surface area contributed by atoms with Gasteiger partial charge in [-0.25, -0.2) is 4.79 Å². The second kappa shape index (κ2) is 4.24. The van der Waals surface area contributed by atoms with Crippen molar-refractivity contribution in [2.45, 2.75) is 5.54 Å². The van der Waals surface area contributed by atoms with Crippen molar-refractivity contribution in [2.24, 2.45) is 0 Å². The lowest BCUT2D eigenvalue weighted by atomic mass is 9.83. The molecule has 0 radical (unpaired) electrons. The van der Waals surface area contributed by atoms with Crippen LogP contribution in [-0.4, -0.2) is 12.0 Å². The maximum absolute atomic E-state index is 11.5. The highest BCUT2D eigenvalue weighted by Crippen LogP contribution is 2.34. The van der Waals surface area contributed by atoms with Gasteiger partial charge in [-0.2, -0.15) is 0 Å². The molecule has 0 saturated carbocycles. The van der Waals surface area contributed by atoms with Crippen LogP contribution in [-0.2, 0) is 10.3 Å². The lowest BCUT2D eigenvalue weighted by Gasteiger charge is -2.27. The lowest BCUT2D eigenvalue weighted by molar-refractivity contribution is 0.207. The Morgan fingerprint density at radius 2 is 1.37 bits per heavy atom. The number of cyclic esters (lactones) is 1. The minimum atomic E-state index is -1.03. The number of amides is 1. The summed E-state index contributed by atoms with van der Waals surface area (Å²) in [5.41, 5.74) is 0.577. The van der Waals surface area contributed by atoms with E-state index < -0.39 is 11.6 Å². The Bertz CT molecular complexity index is 584. The van der Waals surface area contributed by atoms with Gasteiger partial charge in [0, 0.05) is 0 Å². The van der Waals surface area contributed by atoms with Crippen LogP contribution in [0, 0.1) is 5.41 Å². The van der Waals surface area contributed by atoms with E-state index in [0.717, 1.165) is 11.1 Å². The van der Waals surface area contributed by atoms with Crippen LogP contribution in [0.15, 0.2) is 60.7 Å². The maximum Gasteiger partial charge on any atom is 0.415 e. The zero-order valence-electron chi connectivity index (χ0n) is 10.1. The highest BCUT2D eigenvalue weighted by molar-refractivity contribution is 6.03. The summed E-state index contributed by atoms with van der Waals surface area (Å²) in [6, 6.07) is 18.8. The number of rotatable bonds is 2. The van der Waals surface area contributed by atoms with Crippen molar-refractivity contribution >= 4 is 12.0 Å². The molecule has 94 valence electrons. The molecule has 4 heteroatoms. The molecule has 0 bridgehead atoms. The molecule has 0 spiro atoms. The minimum absolute atomic E-state index is 0.102. The summed E-state index contributed by atoms with van der Waals surface area (Å²) in [5.74, 6) is -0.102. The molecule has 4 nitrogen and oxygen atoms in total. The third kappa shape index (κ3) is 1.69. The van der Waals surface area contributed by atoms with Crippen LogP contribution in [0.3, 0.4) is 0 Å². The summed E-state index contributed by atoms with van der Waals surface area (Å²) in [6.07, 6.45) is -0.599. The van der Waals surface area contributed by atoms with Crippen molar-refractivity contribution in [2.75, 3.05) is 0 Å². The van der Waals surface area contributed by atoms with Crippen molar-refractivity contribution in [1.82, 2.24) is 5.32 Å². The summed E-state index contributed by atoms with van der Waals surface area (Å²) >= 11 is 0. The third-order valence-electron chi connectivity index (χ3n) is 3.24. The van der Waals surface area contributed by atoms with E-state index in [1.165, 1.54) is 0 Å². The van der Waals surface area contributed by atoms with E-state index in [4.69, 9.17) is 10.1 Å². The standard InChI is InChI=1S/C15H12N2O2/c16-13-15(17-14(18)19-13,11-7-3-1-4-8-11)12-9-5-2-6-10-12/h1-10,16H,(H,17,18). The monoisotopic (exact) mass is 252 g/mol. The number of hydrogen-bond donors (Lipinski definition) is 2. The fraction of sp³-hybridized carbons (Fsp3) is 0.0667. The van der Waals surface area contributed by atoms with E-state index in [-0.39, 0.29) is 5.90 Å². The van der Waals surface area contributed by atoms with Crippen molar-refractivity contribution in [3.05, 3.63) is 71.8 Å². The summed E-state index contributed by atoms with van der Waals surface area (Å²) in [6.45, 7) is 0. The molecule has 1 saturated heterocycles. The van der Waals surface area contributed by atoms with Crippen molar-refractivity contribution in [1.29, 1.82) is 5.41 Å². The largest absolute Gasteiger partial charge is 0.415 e. The van der Waals surface area contributed by atoms with Crippen LogP contribution in [0.25, 0.3) is 0 Å². The van der Waals surface area contributed by atoms with E-state index in [0.29, 0.717) is 0 Å². The number of carbonyl (C=O) groups excluding carboxylic acids is 1. The Morgan fingerprint density at radius 3 is 1.74 bits per heavy atom. The van der Waals surface area contributed by atoms with Gasteiger partial charge in [-0.1, -0.05) is 60.7 Å². The van der Waals surface area contributed by atoms with Crippen LogP contribution in [0.2, 0.25) is 0 Å². The average Bonchev–Trinajstić information content (AvgIpc) is 2.76. The smallest absolute Gasteiger partial charge is 0.393 e. The molecule has 0 atom stereocenters. The number of ether oxygens (including phenoxy) is 1. The van der Waals surface area contributed by atoms with Gasteiger partial charge >= 0.3 is 6.09 Å². The molecule has 1 aliphatic heterocycles. The molecular weight excluding hydrogens is 240 g/mol. The van der Waals surface area contributed by atoms with Crippen molar-refractivity contribution < 1.29 is 9.53 Å². The lowest BCUT2D eigenvalue weighted by Crippen LogP contribution is -2.44. The van der Waals surface area contributed by atoms with Crippen LogP contribution >= 0.6 is 0 Å². The average molecular weight is 252 g/mol. The maximum atomic E-state index is 11.5. The molecule has 1 heterocycles. The fourth-order valence-electron chi connectivity index (χ4n) is 2.35. The van der Waals surface area contributed by atoms with Gasteiger partial charge in [0.2, 0.25) is 5.90 Å². The summed E-state index contributed by atoms with van der Waals surface area (Å²) in [7, 11) is 0. The van der Waals surface area contributed by atoms with Crippen LogP contribution in [0.1, 0.15) is 11.1 Å². The second-order valence-corrected chi connectivity index (χ2v) is 4.33. The molecule has 0 aromatic heterocycles. The Balaban J connectivity index is 2.23. The molecule has 2 aromatic carbocycles. The topological polar surface area (TPSA) is 62.2 Å². The third-order valence-corrected chi connectivity index (χ3v) is 3.24. The van der Waals surface area contributed by atoms with Gasteiger partial charge in [0.1, 0.15) is 0 Å². The molecule has 2 N–H and O–H groups in total. The van der Waals surface area contributed by atoms with Crippen LogP contribution < -0.4 is 5.32 Å². The summed E-state index contributed by atoms with van der Waals surface area (Å²) in [4.78, 5) is 11.5. The molecule has 1 fully saturated rings. The number of hydrogen-bond acceptors (Lipinski definition) is 3. The molecule has 1 aliphatic rings. The SMILES string of the molecule is N=C1OC(=O)NC1(c1ccccc1)c1ccccc1. The normalized spacial score (nSPS) is 16.8. The highest BCUT2D eigenvalue weighted by atomic mass is 16.6. The van der Waals surface area contributed by atoms with Crippen molar-refractivity contribution in [3.8, 4) is 0 Å². The van der Waals surface area contributed by atoms with E-state index in [1.54, 1.807) is 0 Å². The molecular formula is C15H12N2O2. The highest BCUT2D eigenvalue weighted by Gasteiger charge is 2.48. The minimum Gasteiger partial charge on any atom is -0.393 e. The predicted molar refractivity (Wildman–Crippen MR) is 71.0 cm³/mol. The van der Waals surface area contributed by atoms with Gasteiger partial charge in [-0.05, 0) is 11.1 Å². The molecule has 1 amide bonds. The van der Waals surface area contributed by atoms with E-state index >= 15 is 0 Å². The Kier molecular flexibility index (Phi) is 2.56. The Hall–Kier alpha value is -2.62. The molecule has 3 rings (SSSR count). The molecule has 19 heavy (non-hydrogen) atoms. The Labute approximate surface area is 110 Å². The number of benzene rings is 2. The van der Waals surface area contributed by atoms with Gasteiger partial charge in [0.15, 0.2) is 5.54 Å². The van der Waals surface area contributed by atoms with Gasteiger partial charge in [-0.3, -0.25) is 10.7 Å². The van der Waals surface area contributed by atoms with Crippen LogP contribution in [0.5, 0.6) is 0 Å². The summed E-state index contributed by atoms with van der Waals surface area (Å²) < 4.78 is 4.92. The van der Waals surface area contributed by atoms with Crippen LogP contribution in [0.4, 0.5) is 4.79 Å². The first-order valence-electron chi connectivity index (χ1n) is 5.93. The van der Waals surface area contributed by atoms with E-state index in [1.807, 2.05) is 60.7 Å². The van der Waals surface area contributed by atoms with Gasteiger partial charge < -0.3 is 4.74 Å². The van der Waals surface area contributed by atoms with Gasteiger partial charge in [-0.15, -0.1) is 0 Å². The van der Waals surface area contributed by atoms with Gasteiger partial charge in [0.25, 0.3) is 0 Å². The molecule has 0 unspecified atom stereocenters. The number of alkyl carbamates (subject to hydrolysis) is 1. The first-order chi connectivity index (χ1) is 9.23. The second-order valence-electron chi connectivity index (χ2n) is 4.33. The Morgan fingerprint density at radius 1 is 0.895 bits per heavy atom. The fourth-order valence-corrected chi connectivity index (χ4v) is 2.35. The van der Waals surface area contributed by atoms with Gasteiger partial charge in [0.05, 0.1) is 0 Å². The zero-order valence-corrected chi connectivity index (χ0v) is 10.1. The quantitative estimate of drug-likeness (QED) is 0.863. The summed E-state index contributed by atoms with van der Waals surface area (Å²) in [5, 5.41) is 10.8. The predicted octanol–water partition coefficient (Wildman–Crippen LogP) is 2.65. The number of nitrogens with one attached hydrogen (secondary N) is 2. The van der Waals surface area contributed by atoms with Crippen molar-refractivity contribution in [3.63, 3.8) is 0 Å². The molecule has 0 aliphatic carbocycles. The van der Waals surface area contributed by atoms with E-state index in [9.17, 15) is 4.79 Å². The number of carbonyl (C=O) groups is 1. The van der Waals surface area contributed by atoms with E-state index in [2.05, 4.69) is 5.32 Å². The zero-order chi connectivity index (χ0) is 13.3. The molecule has 2 aromatic rings. The first-order valence-corrected chi connectivity index (χ1v) is 5.93. The first kappa shape index (κ1) is 11.5.